The molecule has 0 aromatic heterocycles. The standard InChI is InChI=1S/C13H16FN3O3S/c1-16-21(19,20)8-7-17-13(18)12-9-11(14)5-4-10(12)3-2-6-15/h4-5,9,16H,6-8,15H2,1H3,(H,17,18). The van der Waals surface area contributed by atoms with E-state index in [2.05, 4.69) is 21.9 Å². The van der Waals surface area contributed by atoms with Crippen LogP contribution < -0.4 is 15.8 Å². The summed E-state index contributed by atoms with van der Waals surface area (Å²) in [6, 6.07) is 3.60. The number of hydrogen-bond donors (Lipinski definition) is 3. The Morgan fingerprint density at radius 1 is 1.43 bits per heavy atom. The highest BCUT2D eigenvalue weighted by molar-refractivity contribution is 7.89. The molecular formula is C13H16FN3O3S. The van der Waals surface area contributed by atoms with Crippen LogP contribution in [0.15, 0.2) is 18.2 Å². The van der Waals surface area contributed by atoms with Crippen molar-refractivity contribution in [3.05, 3.63) is 35.1 Å². The lowest BCUT2D eigenvalue weighted by atomic mass is 10.1. The van der Waals surface area contributed by atoms with Gasteiger partial charge >= 0.3 is 0 Å². The number of carbonyl (C=O) groups excluding carboxylic acids is 1. The van der Waals surface area contributed by atoms with E-state index in [1.54, 1.807) is 0 Å². The summed E-state index contributed by atoms with van der Waals surface area (Å²) in [5.41, 5.74) is 5.62. The number of benzene rings is 1. The molecule has 1 aromatic carbocycles. The number of hydrogen-bond acceptors (Lipinski definition) is 4. The summed E-state index contributed by atoms with van der Waals surface area (Å²) >= 11 is 0. The number of sulfonamides is 1. The molecule has 0 aliphatic carbocycles. The predicted molar refractivity (Wildman–Crippen MR) is 77.5 cm³/mol. The number of amides is 1. The van der Waals surface area contributed by atoms with Crippen molar-refractivity contribution in [1.29, 1.82) is 0 Å². The maximum Gasteiger partial charge on any atom is 0.252 e. The van der Waals surface area contributed by atoms with Crippen molar-refractivity contribution >= 4 is 15.9 Å². The van der Waals surface area contributed by atoms with Crippen molar-refractivity contribution in [2.45, 2.75) is 0 Å². The monoisotopic (exact) mass is 313 g/mol. The van der Waals surface area contributed by atoms with Gasteiger partial charge in [-0.15, -0.1) is 0 Å². The second-order valence-electron chi connectivity index (χ2n) is 3.97. The van der Waals surface area contributed by atoms with Gasteiger partial charge in [0.05, 0.1) is 17.9 Å². The summed E-state index contributed by atoms with van der Waals surface area (Å²) in [4.78, 5) is 12.0. The normalized spacial score (nSPS) is 10.6. The van der Waals surface area contributed by atoms with Gasteiger partial charge in [0, 0.05) is 12.1 Å². The van der Waals surface area contributed by atoms with Crippen LogP contribution in [0, 0.1) is 17.7 Å². The van der Waals surface area contributed by atoms with Crippen molar-refractivity contribution in [1.82, 2.24) is 10.0 Å². The first-order valence-corrected chi connectivity index (χ1v) is 7.72. The Labute approximate surface area is 123 Å². The van der Waals surface area contributed by atoms with Gasteiger partial charge in [0.15, 0.2) is 0 Å². The first-order chi connectivity index (χ1) is 9.89. The van der Waals surface area contributed by atoms with E-state index in [9.17, 15) is 17.6 Å². The van der Waals surface area contributed by atoms with E-state index in [1.165, 1.54) is 19.2 Å². The summed E-state index contributed by atoms with van der Waals surface area (Å²) in [5.74, 6) is 3.80. The lowest BCUT2D eigenvalue weighted by Gasteiger charge is -2.07. The molecule has 0 aliphatic heterocycles. The van der Waals surface area contributed by atoms with Crippen molar-refractivity contribution in [3.63, 3.8) is 0 Å². The molecule has 8 heteroatoms. The fourth-order valence-electron chi connectivity index (χ4n) is 1.46. The maximum absolute atomic E-state index is 13.2. The SMILES string of the molecule is CNS(=O)(=O)CCNC(=O)c1cc(F)ccc1C#CCN. The molecule has 21 heavy (non-hydrogen) atoms. The fourth-order valence-corrected chi connectivity index (χ4v) is 2.03. The smallest absolute Gasteiger partial charge is 0.252 e. The highest BCUT2D eigenvalue weighted by atomic mass is 32.2. The molecule has 0 bridgehead atoms. The predicted octanol–water partition coefficient (Wildman–Crippen LogP) is -0.585. The van der Waals surface area contributed by atoms with Crippen molar-refractivity contribution in [2.24, 2.45) is 5.73 Å². The third-order valence-electron chi connectivity index (χ3n) is 2.52. The van der Waals surface area contributed by atoms with Gasteiger partial charge in [-0.25, -0.2) is 17.5 Å². The van der Waals surface area contributed by atoms with Gasteiger partial charge in [-0.3, -0.25) is 4.79 Å². The van der Waals surface area contributed by atoms with Gasteiger partial charge in [0.1, 0.15) is 5.82 Å². The molecule has 114 valence electrons. The molecule has 0 fully saturated rings. The zero-order valence-electron chi connectivity index (χ0n) is 11.4. The van der Waals surface area contributed by atoms with E-state index in [0.717, 1.165) is 6.07 Å². The van der Waals surface area contributed by atoms with Crippen LogP contribution in [-0.4, -0.2) is 40.2 Å². The minimum absolute atomic E-state index is 0.0396. The molecule has 0 heterocycles. The van der Waals surface area contributed by atoms with E-state index in [4.69, 9.17) is 5.73 Å². The minimum Gasteiger partial charge on any atom is -0.351 e. The number of halogens is 1. The molecule has 0 unspecified atom stereocenters. The van der Waals surface area contributed by atoms with Crippen molar-refractivity contribution in [3.8, 4) is 11.8 Å². The molecule has 0 spiro atoms. The third kappa shape index (κ3) is 5.51. The molecule has 0 radical (unpaired) electrons. The summed E-state index contributed by atoms with van der Waals surface area (Å²) in [5, 5.41) is 2.41. The quantitative estimate of drug-likeness (QED) is 0.633. The lowest BCUT2D eigenvalue weighted by molar-refractivity contribution is 0.0955. The van der Waals surface area contributed by atoms with Crippen LogP contribution >= 0.6 is 0 Å². The first kappa shape index (κ1) is 17.1. The molecule has 0 aliphatic rings. The van der Waals surface area contributed by atoms with Gasteiger partial charge in [0.2, 0.25) is 10.0 Å². The van der Waals surface area contributed by atoms with Gasteiger partial charge in [-0.05, 0) is 25.2 Å². The van der Waals surface area contributed by atoms with Crippen LogP contribution in [0.5, 0.6) is 0 Å². The van der Waals surface area contributed by atoms with Crippen molar-refractivity contribution in [2.75, 3.05) is 25.9 Å². The van der Waals surface area contributed by atoms with Gasteiger partial charge in [-0.1, -0.05) is 11.8 Å². The topological polar surface area (TPSA) is 101 Å². The number of rotatable bonds is 5. The van der Waals surface area contributed by atoms with Gasteiger partial charge in [-0.2, -0.15) is 0 Å². The van der Waals surface area contributed by atoms with Crippen LogP contribution in [0.3, 0.4) is 0 Å². The van der Waals surface area contributed by atoms with Crippen molar-refractivity contribution < 1.29 is 17.6 Å². The molecule has 6 nitrogen and oxygen atoms in total. The number of nitrogens with one attached hydrogen (secondary N) is 2. The average molecular weight is 313 g/mol. The Morgan fingerprint density at radius 3 is 2.76 bits per heavy atom. The third-order valence-corrected chi connectivity index (χ3v) is 3.88. The largest absolute Gasteiger partial charge is 0.351 e. The number of carbonyl (C=O) groups is 1. The van der Waals surface area contributed by atoms with E-state index in [0.29, 0.717) is 5.56 Å². The van der Waals surface area contributed by atoms with Crippen LogP contribution in [0.4, 0.5) is 4.39 Å². The van der Waals surface area contributed by atoms with Crippen LogP contribution in [0.25, 0.3) is 0 Å². The van der Waals surface area contributed by atoms with E-state index in [1.807, 2.05) is 0 Å². The summed E-state index contributed by atoms with van der Waals surface area (Å²) in [6.45, 7) is 0.0150. The Kier molecular flexibility index (Phi) is 6.30. The second-order valence-corrected chi connectivity index (χ2v) is 6.02. The Bertz CT molecular complexity index is 678. The Hall–Kier alpha value is -1.95. The molecule has 0 saturated heterocycles. The van der Waals surface area contributed by atoms with E-state index >= 15 is 0 Å². The molecular weight excluding hydrogens is 297 g/mol. The first-order valence-electron chi connectivity index (χ1n) is 6.07. The molecule has 0 saturated carbocycles. The highest BCUT2D eigenvalue weighted by Gasteiger charge is 2.13. The summed E-state index contributed by atoms with van der Waals surface area (Å²) < 4.78 is 37.8. The van der Waals surface area contributed by atoms with Crippen LogP contribution in [0.2, 0.25) is 0 Å². The van der Waals surface area contributed by atoms with E-state index in [-0.39, 0.29) is 24.4 Å². The second kappa shape index (κ2) is 7.73. The van der Waals surface area contributed by atoms with E-state index < -0.39 is 21.7 Å². The Morgan fingerprint density at radius 2 is 2.14 bits per heavy atom. The number of nitrogens with two attached hydrogens (primary N) is 1. The molecule has 0 atom stereocenters. The highest BCUT2D eigenvalue weighted by Crippen LogP contribution is 2.10. The summed E-state index contributed by atoms with van der Waals surface area (Å²) in [6.07, 6.45) is 0. The fraction of sp³-hybridized carbons (Fsp3) is 0.308. The lowest BCUT2D eigenvalue weighted by Crippen LogP contribution is -2.33. The van der Waals surface area contributed by atoms with Crippen LogP contribution in [0.1, 0.15) is 15.9 Å². The minimum atomic E-state index is -3.41. The molecule has 1 amide bonds. The molecule has 4 N–H and O–H groups in total. The Balaban J connectivity index is 2.84. The molecule has 1 rings (SSSR count). The zero-order valence-corrected chi connectivity index (χ0v) is 12.3. The summed E-state index contributed by atoms with van der Waals surface area (Å²) in [7, 11) is -2.13. The zero-order chi connectivity index (χ0) is 15.9. The van der Waals surface area contributed by atoms with Crippen LogP contribution in [-0.2, 0) is 10.0 Å². The van der Waals surface area contributed by atoms with Gasteiger partial charge < -0.3 is 11.1 Å². The molecule has 1 aromatic rings. The maximum atomic E-state index is 13.2. The average Bonchev–Trinajstić information content (AvgIpc) is 2.45. The van der Waals surface area contributed by atoms with Gasteiger partial charge in [0.25, 0.3) is 5.91 Å².